The van der Waals surface area contributed by atoms with Gasteiger partial charge in [-0.25, -0.2) is 4.98 Å². The van der Waals surface area contributed by atoms with Crippen LogP contribution in [0, 0.1) is 6.92 Å². The highest BCUT2D eigenvalue weighted by Crippen LogP contribution is 2.25. The first-order chi connectivity index (χ1) is 14.2. The maximum atomic E-state index is 13.2. The summed E-state index contributed by atoms with van der Waals surface area (Å²) in [6, 6.07) is 18.7. The zero-order valence-corrected chi connectivity index (χ0v) is 17.1. The van der Waals surface area contributed by atoms with E-state index in [1.165, 1.54) is 22.6 Å². The number of rotatable bonds is 3. The highest BCUT2D eigenvalue weighted by Gasteiger charge is 2.25. The summed E-state index contributed by atoms with van der Waals surface area (Å²) in [6.45, 7) is 5.22. The van der Waals surface area contributed by atoms with Gasteiger partial charge in [-0.2, -0.15) is 0 Å². The molecule has 0 radical (unpaired) electrons. The number of imidazole rings is 1. The highest BCUT2D eigenvalue weighted by molar-refractivity contribution is 7.15. The third-order valence-corrected chi connectivity index (χ3v) is 6.30. The quantitative estimate of drug-likeness (QED) is 0.512. The number of benzene rings is 2. The number of carbonyl (C=O) groups is 1. The molecule has 0 atom stereocenters. The molecular weight excluding hydrogens is 380 g/mol. The number of nitrogens with zero attached hydrogens (tertiary/aromatic N) is 4. The molecule has 3 heterocycles. The molecule has 0 aliphatic carbocycles. The summed E-state index contributed by atoms with van der Waals surface area (Å²) in [7, 11) is 0. The van der Waals surface area contributed by atoms with Crippen molar-refractivity contribution in [2.75, 3.05) is 31.1 Å². The van der Waals surface area contributed by atoms with Gasteiger partial charge in [0.2, 0.25) is 0 Å². The van der Waals surface area contributed by atoms with E-state index in [4.69, 9.17) is 4.98 Å². The van der Waals surface area contributed by atoms with Gasteiger partial charge in [0.05, 0.1) is 5.69 Å². The van der Waals surface area contributed by atoms with Crippen LogP contribution in [-0.4, -0.2) is 46.4 Å². The van der Waals surface area contributed by atoms with Crippen LogP contribution >= 0.6 is 11.3 Å². The van der Waals surface area contributed by atoms with Crippen LogP contribution in [0.25, 0.3) is 16.2 Å². The fraction of sp³-hybridized carbons (Fsp3) is 0.217. The summed E-state index contributed by atoms with van der Waals surface area (Å²) >= 11 is 1.52. The molecule has 0 bridgehead atoms. The van der Waals surface area contributed by atoms with E-state index in [9.17, 15) is 4.79 Å². The molecule has 2 aromatic heterocycles. The third-order valence-electron chi connectivity index (χ3n) is 5.46. The third kappa shape index (κ3) is 3.40. The zero-order chi connectivity index (χ0) is 19.8. The molecule has 6 heteroatoms. The van der Waals surface area contributed by atoms with Gasteiger partial charge >= 0.3 is 0 Å². The van der Waals surface area contributed by atoms with Crippen molar-refractivity contribution in [1.29, 1.82) is 0 Å². The molecule has 4 aromatic rings. The van der Waals surface area contributed by atoms with Crippen LogP contribution in [0.5, 0.6) is 0 Å². The summed E-state index contributed by atoms with van der Waals surface area (Å²) in [4.78, 5) is 23.0. The predicted molar refractivity (Wildman–Crippen MR) is 118 cm³/mol. The number of aryl methyl sites for hydroxylation is 1. The summed E-state index contributed by atoms with van der Waals surface area (Å²) in [5.74, 6) is 0.0804. The van der Waals surface area contributed by atoms with Crippen LogP contribution in [-0.2, 0) is 0 Å². The molecule has 1 amide bonds. The number of aromatic nitrogens is 2. The average Bonchev–Trinajstić information content (AvgIpc) is 3.36. The van der Waals surface area contributed by atoms with Gasteiger partial charge in [0.25, 0.3) is 5.91 Å². The van der Waals surface area contributed by atoms with Gasteiger partial charge in [-0.3, -0.25) is 9.20 Å². The van der Waals surface area contributed by atoms with Crippen LogP contribution in [0.2, 0.25) is 0 Å². The molecule has 5 nitrogen and oxygen atoms in total. The van der Waals surface area contributed by atoms with Gasteiger partial charge < -0.3 is 9.80 Å². The molecule has 1 aliphatic heterocycles. The second kappa shape index (κ2) is 7.37. The Bertz CT molecular complexity index is 1140. The van der Waals surface area contributed by atoms with Crippen molar-refractivity contribution in [1.82, 2.24) is 14.3 Å². The van der Waals surface area contributed by atoms with Crippen molar-refractivity contribution < 1.29 is 4.79 Å². The first-order valence-electron chi connectivity index (χ1n) is 9.82. The second-order valence-electron chi connectivity index (χ2n) is 7.38. The Morgan fingerprint density at radius 2 is 1.69 bits per heavy atom. The standard InChI is InChI=1S/C23H22N4OS/c1-17-7-9-18(10-8-17)20-15-27-21(16-29-23(27)24-20)22(28)26-13-11-25(12-14-26)19-5-3-2-4-6-19/h2-10,15-16H,11-14H2,1H3. The molecule has 29 heavy (non-hydrogen) atoms. The minimum Gasteiger partial charge on any atom is -0.368 e. The van der Waals surface area contributed by atoms with Gasteiger partial charge in [0.15, 0.2) is 4.96 Å². The van der Waals surface area contributed by atoms with Gasteiger partial charge in [0.1, 0.15) is 5.69 Å². The summed E-state index contributed by atoms with van der Waals surface area (Å²) in [5, 5.41) is 1.92. The van der Waals surface area contributed by atoms with E-state index in [0.29, 0.717) is 5.69 Å². The maximum absolute atomic E-state index is 13.2. The molecule has 0 N–H and O–H groups in total. The Hall–Kier alpha value is -3.12. The van der Waals surface area contributed by atoms with Crippen molar-refractivity contribution in [2.24, 2.45) is 0 Å². The number of hydrogen-bond acceptors (Lipinski definition) is 4. The molecule has 0 unspecified atom stereocenters. The van der Waals surface area contributed by atoms with Gasteiger partial charge in [0, 0.05) is 49.0 Å². The number of anilines is 1. The van der Waals surface area contributed by atoms with Gasteiger partial charge in [-0.15, -0.1) is 11.3 Å². The Morgan fingerprint density at radius 3 is 2.41 bits per heavy atom. The number of para-hydroxylation sites is 1. The molecule has 1 fully saturated rings. The molecule has 146 valence electrons. The van der Waals surface area contributed by atoms with Gasteiger partial charge in [-0.1, -0.05) is 48.0 Å². The largest absolute Gasteiger partial charge is 0.368 e. The smallest absolute Gasteiger partial charge is 0.271 e. The minimum absolute atomic E-state index is 0.0804. The maximum Gasteiger partial charge on any atom is 0.271 e. The number of fused-ring (bicyclic) bond motifs is 1. The molecule has 1 saturated heterocycles. The summed E-state index contributed by atoms with van der Waals surface area (Å²) in [5.41, 5.74) is 5.11. The van der Waals surface area contributed by atoms with Crippen LogP contribution in [0.15, 0.2) is 66.2 Å². The van der Waals surface area contributed by atoms with E-state index < -0.39 is 0 Å². The molecular formula is C23H22N4OS. The van der Waals surface area contributed by atoms with Crippen molar-refractivity contribution in [3.8, 4) is 11.3 Å². The molecule has 0 saturated carbocycles. The topological polar surface area (TPSA) is 40.9 Å². The van der Waals surface area contributed by atoms with E-state index >= 15 is 0 Å². The number of carbonyl (C=O) groups excluding carboxylic acids is 1. The molecule has 0 spiro atoms. The minimum atomic E-state index is 0.0804. The van der Waals surface area contributed by atoms with Crippen molar-refractivity contribution >= 4 is 27.9 Å². The van der Waals surface area contributed by atoms with Crippen molar-refractivity contribution in [3.63, 3.8) is 0 Å². The number of hydrogen-bond donors (Lipinski definition) is 0. The summed E-state index contributed by atoms with van der Waals surface area (Å²) < 4.78 is 1.94. The number of amides is 1. The van der Waals surface area contributed by atoms with E-state index in [-0.39, 0.29) is 5.91 Å². The lowest BCUT2D eigenvalue weighted by molar-refractivity contribution is 0.0740. The Labute approximate surface area is 173 Å². The van der Waals surface area contributed by atoms with Crippen LogP contribution in [0.4, 0.5) is 5.69 Å². The fourth-order valence-corrected chi connectivity index (χ4v) is 4.62. The lowest BCUT2D eigenvalue weighted by Crippen LogP contribution is -2.49. The molecule has 1 aliphatic rings. The van der Waals surface area contributed by atoms with Crippen LogP contribution in [0.3, 0.4) is 0 Å². The van der Waals surface area contributed by atoms with Gasteiger partial charge in [-0.05, 0) is 19.1 Å². The van der Waals surface area contributed by atoms with Crippen molar-refractivity contribution in [3.05, 3.63) is 77.4 Å². The SMILES string of the molecule is Cc1ccc(-c2cn3c(C(=O)N4CCN(c5ccccc5)CC4)csc3n2)cc1. The lowest BCUT2D eigenvalue weighted by Gasteiger charge is -2.36. The van der Waals surface area contributed by atoms with Crippen LogP contribution in [0.1, 0.15) is 16.1 Å². The zero-order valence-electron chi connectivity index (χ0n) is 16.3. The summed E-state index contributed by atoms with van der Waals surface area (Å²) in [6.07, 6.45) is 1.98. The lowest BCUT2D eigenvalue weighted by atomic mass is 10.1. The first-order valence-corrected chi connectivity index (χ1v) is 10.7. The Kier molecular flexibility index (Phi) is 4.56. The number of thiazole rings is 1. The normalized spacial score (nSPS) is 14.5. The van der Waals surface area contributed by atoms with E-state index in [1.807, 2.05) is 26.9 Å². The first kappa shape index (κ1) is 17.9. The Balaban J connectivity index is 1.34. The highest BCUT2D eigenvalue weighted by atomic mass is 32.1. The van der Waals surface area contributed by atoms with Crippen molar-refractivity contribution in [2.45, 2.75) is 6.92 Å². The molecule has 5 rings (SSSR count). The second-order valence-corrected chi connectivity index (χ2v) is 8.22. The van der Waals surface area contributed by atoms with E-state index in [2.05, 4.69) is 60.4 Å². The Morgan fingerprint density at radius 1 is 0.966 bits per heavy atom. The van der Waals surface area contributed by atoms with Crippen LogP contribution < -0.4 is 4.90 Å². The monoisotopic (exact) mass is 402 g/mol. The number of piperazine rings is 1. The van der Waals surface area contributed by atoms with E-state index in [0.717, 1.165) is 42.4 Å². The predicted octanol–water partition coefficient (Wildman–Crippen LogP) is 4.33. The molecule has 2 aromatic carbocycles. The fourth-order valence-electron chi connectivity index (χ4n) is 3.77. The van der Waals surface area contributed by atoms with E-state index in [1.54, 1.807) is 0 Å². The average molecular weight is 403 g/mol.